The zero-order valence-corrected chi connectivity index (χ0v) is 19.1. The van der Waals surface area contributed by atoms with Gasteiger partial charge < -0.3 is 9.73 Å². The van der Waals surface area contributed by atoms with Crippen molar-refractivity contribution < 1.29 is 18.4 Å². The molecule has 1 N–H and O–H groups in total. The van der Waals surface area contributed by atoms with Crippen LogP contribution in [0.4, 0.5) is 10.1 Å². The van der Waals surface area contributed by atoms with Crippen molar-refractivity contribution in [2.75, 3.05) is 4.90 Å². The highest BCUT2D eigenvalue weighted by Crippen LogP contribution is 2.29. The van der Waals surface area contributed by atoms with Crippen molar-refractivity contribution in [1.82, 2.24) is 20.3 Å². The summed E-state index contributed by atoms with van der Waals surface area (Å²) in [6, 6.07) is 24.1. The van der Waals surface area contributed by atoms with Crippen LogP contribution in [0.25, 0.3) is 11.0 Å². The van der Waals surface area contributed by atoms with E-state index in [4.69, 9.17) is 4.42 Å². The van der Waals surface area contributed by atoms with Crippen LogP contribution in [-0.4, -0.2) is 26.8 Å². The minimum atomic E-state index is -1.08. The van der Waals surface area contributed by atoms with E-state index in [9.17, 15) is 14.0 Å². The minimum Gasteiger partial charge on any atom is -0.467 e. The first-order chi connectivity index (χ1) is 17.6. The Morgan fingerprint density at radius 1 is 0.972 bits per heavy atom. The van der Waals surface area contributed by atoms with Gasteiger partial charge >= 0.3 is 0 Å². The average molecular weight is 484 g/mol. The van der Waals surface area contributed by atoms with E-state index >= 15 is 0 Å². The molecule has 2 amide bonds. The van der Waals surface area contributed by atoms with Gasteiger partial charge in [0.05, 0.1) is 18.3 Å². The monoisotopic (exact) mass is 483 g/mol. The third-order valence-corrected chi connectivity index (χ3v) is 5.70. The summed E-state index contributed by atoms with van der Waals surface area (Å²) in [7, 11) is 0. The number of nitrogens with zero attached hydrogens (tertiary/aromatic N) is 4. The Kier molecular flexibility index (Phi) is 6.53. The van der Waals surface area contributed by atoms with Crippen LogP contribution >= 0.6 is 0 Å². The number of anilines is 1. The third kappa shape index (κ3) is 4.85. The Bertz CT molecular complexity index is 1480. The van der Waals surface area contributed by atoms with Gasteiger partial charge in [0.1, 0.15) is 29.7 Å². The van der Waals surface area contributed by atoms with Crippen molar-refractivity contribution in [3.8, 4) is 0 Å². The number of furan rings is 1. The number of rotatable bonds is 8. The van der Waals surface area contributed by atoms with Crippen LogP contribution in [0.5, 0.6) is 0 Å². The molecule has 1 atom stereocenters. The number of carbonyl (C=O) groups is 2. The molecule has 0 saturated heterocycles. The lowest BCUT2D eigenvalue weighted by atomic mass is 10.0. The van der Waals surface area contributed by atoms with Crippen molar-refractivity contribution >= 4 is 28.5 Å². The summed E-state index contributed by atoms with van der Waals surface area (Å²) in [5.74, 6) is -0.871. The molecule has 36 heavy (non-hydrogen) atoms. The fourth-order valence-corrected chi connectivity index (χ4v) is 4.04. The van der Waals surface area contributed by atoms with Crippen molar-refractivity contribution in [1.29, 1.82) is 0 Å². The molecule has 1 unspecified atom stereocenters. The fraction of sp³-hybridized carbons (Fsp3) is 0.111. The lowest BCUT2D eigenvalue weighted by Gasteiger charge is -2.31. The summed E-state index contributed by atoms with van der Waals surface area (Å²) in [6.07, 6.45) is 1.52. The van der Waals surface area contributed by atoms with E-state index in [0.717, 1.165) is 0 Å². The molecule has 8 nitrogen and oxygen atoms in total. The number of nitrogens with one attached hydrogen (secondary N) is 1. The second-order valence-electron chi connectivity index (χ2n) is 8.09. The second-order valence-corrected chi connectivity index (χ2v) is 8.09. The van der Waals surface area contributed by atoms with Crippen LogP contribution < -0.4 is 10.2 Å². The van der Waals surface area contributed by atoms with Gasteiger partial charge in [0.2, 0.25) is 11.8 Å². The molecule has 0 aliphatic heterocycles. The van der Waals surface area contributed by atoms with Crippen LogP contribution in [0.3, 0.4) is 0 Å². The number of halogens is 1. The molecule has 0 bridgehead atoms. The van der Waals surface area contributed by atoms with E-state index < -0.39 is 23.7 Å². The number of para-hydroxylation sites is 1. The minimum absolute atomic E-state index is 0.133. The smallest absolute Gasteiger partial charge is 0.249 e. The van der Waals surface area contributed by atoms with Crippen LogP contribution in [0.1, 0.15) is 17.4 Å². The predicted octanol–water partition coefficient (Wildman–Crippen LogP) is 4.25. The maximum atomic E-state index is 14.3. The molecule has 0 aliphatic rings. The Hall–Kier alpha value is -4.79. The summed E-state index contributed by atoms with van der Waals surface area (Å²) in [4.78, 5) is 28.7. The normalized spacial score (nSPS) is 11.8. The Balaban J connectivity index is 1.54. The maximum Gasteiger partial charge on any atom is 0.249 e. The fourth-order valence-electron chi connectivity index (χ4n) is 4.04. The van der Waals surface area contributed by atoms with Gasteiger partial charge in [-0.15, -0.1) is 5.10 Å². The molecular weight excluding hydrogens is 461 g/mol. The number of aromatic nitrogens is 3. The highest BCUT2D eigenvalue weighted by molar-refractivity contribution is 6.01. The number of carbonyl (C=O) groups excluding carboxylic acids is 2. The van der Waals surface area contributed by atoms with Gasteiger partial charge in [-0.2, -0.15) is 0 Å². The van der Waals surface area contributed by atoms with Crippen molar-refractivity contribution in [3.05, 3.63) is 114 Å². The molecule has 2 heterocycles. The Morgan fingerprint density at radius 2 is 1.78 bits per heavy atom. The molecular formula is C27H22FN5O3. The van der Waals surface area contributed by atoms with E-state index in [1.54, 1.807) is 54.6 Å². The standard InChI is InChI=1S/C27H22FN5O3/c28-20-10-6-11-21(16-20)33(25(34)18-32-24-14-5-4-13-23(24)30-31-32)26(19-8-2-1-3-9-19)27(35)29-17-22-12-7-15-36-22/h1-16,26H,17-18H2,(H,29,35). The van der Waals surface area contributed by atoms with Crippen LogP contribution in [-0.2, 0) is 22.7 Å². The van der Waals surface area contributed by atoms with Crippen LogP contribution in [0.15, 0.2) is 102 Å². The molecule has 0 aliphatic carbocycles. The number of hydrogen-bond acceptors (Lipinski definition) is 5. The highest BCUT2D eigenvalue weighted by Gasteiger charge is 2.33. The number of amides is 2. The maximum absolute atomic E-state index is 14.3. The van der Waals surface area contributed by atoms with E-state index in [-0.39, 0.29) is 18.8 Å². The third-order valence-electron chi connectivity index (χ3n) is 5.70. The molecule has 180 valence electrons. The molecule has 2 aromatic heterocycles. The Morgan fingerprint density at radius 3 is 2.56 bits per heavy atom. The SMILES string of the molecule is O=C(NCc1ccco1)C(c1ccccc1)N(C(=O)Cn1nnc2ccccc21)c1cccc(F)c1. The summed E-state index contributed by atoms with van der Waals surface area (Å²) in [5.41, 5.74) is 2.11. The summed E-state index contributed by atoms with van der Waals surface area (Å²) in [5, 5.41) is 11.1. The van der Waals surface area contributed by atoms with Crippen LogP contribution in [0.2, 0.25) is 0 Å². The number of hydrogen-bond donors (Lipinski definition) is 1. The highest BCUT2D eigenvalue weighted by atomic mass is 19.1. The van der Waals surface area contributed by atoms with Gasteiger partial charge in [-0.25, -0.2) is 9.07 Å². The van der Waals surface area contributed by atoms with Crippen molar-refractivity contribution in [2.45, 2.75) is 19.1 Å². The van der Waals surface area contributed by atoms with E-state index in [0.29, 0.717) is 22.4 Å². The zero-order chi connectivity index (χ0) is 24.9. The largest absolute Gasteiger partial charge is 0.467 e. The average Bonchev–Trinajstić information content (AvgIpc) is 3.56. The molecule has 0 radical (unpaired) electrons. The van der Waals surface area contributed by atoms with E-state index in [1.165, 1.54) is 34.0 Å². The molecule has 5 rings (SSSR count). The van der Waals surface area contributed by atoms with E-state index in [1.807, 2.05) is 18.2 Å². The molecule has 0 fully saturated rings. The Labute approximate surface area is 205 Å². The summed E-state index contributed by atoms with van der Waals surface area (Å²) < 4.78 is 21.1. The van der Waals surface area contributed by atoms with Gasteiger partial charge in [0.25, 0.3) is 0 Å². The predicted molar refractivity (Wildman–Crippen MR) is 131 cm³/mol. The molecule has 9 heteroatoms. The molecule has 5 aromatic rings. The lowest BCUT2D eigenvalue weighted by Crippen LogP contribution is -2.45. The summed E-state index contributed by atoms with van der Waals surface area (Å²) in [6.45, 7) is -0.0696. The van der Waals surface area contributed by atoms with Crippen molar-refractivity contribution in [2.24, 2.45) is 0 Å². The second kappa shape index (κ2) is 10.2. The number of benzene rings is 3. The van der Waals surface area contributed by atoms with Gasteiger partial charge in [-0.05, 0) is 48.0 Å². The zero-order valence-electron chi connectivity index (χ0n) is 19.1. The van der Waals surface area contributed by atoms with Crippen molar-refractivity contribution in [3.63, 3.8) is 0 Å². The molecule has 0 saturated carbocycles. The van der Waals surface area contributed by atoms with Gasteiger partial charge in [0.15, 0.2) is 0 Å². The first-order valence-electron chi connectivity index (χ1n) is 11.3. The quantitative estimate of drug-likeness (QED) is 0.356. The lowest BCUT2D eigenvalue weighted by molar-refractivity contribution is -0.127. The number of fused-ring (bicyclic) bond motifs is 1. The van der Waals surface area contributed by atoms with Crippen LogP contribution in [0, 0.1) is 5.82 Å². The first kappa shape index (κ1) is 23.0. The van der Waals surface area contributed by atoms with Gasteiger partial charge in [-0.3, -0.25) is 14.5 Å². The molecule has 0 spiro atoms. The molecule has 3 aromatic carbocycles. The summed E-state index contributed by atoms with van der Waals surface area (Å²) >= 11 is 0. The van der Waals surface area contributed by atoms with Gasteiger partial charge in [-0.1, -0.05) is 53.7 Å². The van der Waals surface area contributed by atoms with Gasteiger partial charge in [0, 0.05) is 5.69 Å². The first-order valence-corrected chi connectivity index (χ1v) is 11.3. The topological polar surface area (TPSA) is 93.3 Å². The van der Waals surface area contributed by atoms with E-state index in [2.05, 4.69) is 15.6 Å².